The van der Waals surface area contributed by atoms with E-state index in [1.807, 2.05) is 6.07 Å². The van der Waals surface area contributed by atoms with Crippen LogP contribution in [-0.4, -0.2) is 50.2 Å². The van der Waals surface area contributed by atoms with E-state index in [9.17, 15) is 0 Å². The number of ether oxygens (including phenoxy) is 2. The van der Waals surface area contributed by atoms with Crippen molar-refractivity contribution in [1.82, 2.24) is 9.80 Å². The highest BCUT2D eigenvalue weighted by atomic mass is 16.5. The number of benzene rings is 2. The van der Waals surface area contributed by atoms with Crippen LogP contribution in [0.1, 0.15) is 16.7 Å². The number of nitrogens with zero attached hydrogens (tertiary/aromatic N) is 2. The van der Waals surface area contributed by atoms with Crippen LogP contribution < -0.4 is 9.47 Å². The van der Waals surface area contributed by atoms with Gasteiger partial charge in [0, 0.05) is 45.3 Å². The second-order valence-corrected chi connectivity index (χ2v) is 6.70. The summed E-state index contributed by atoms with van der Waals surface area (Å²) in [6, 6.07) is 14.8. The normalized spacial score (nSPS) is 16.0. The maximum atomic E-state index is 5.37. The first kappa shape index (κ1) is 17.8. The lowest BCUT2D eigenvalue weighted by Crippen LogP contribution is -2.45. The zero-order valence-corrected chi connectivity index (χ0v) is 15.5. The summed E-state index contributed by atoms with van der Waals surface area (Å²) >= 11 is 0. The molecule has 1 saturated heterocycles. The Morgan fingerprint density at radius 1 is 0.800 bits per heavy atom. The number of hydrogen-bond donors (Lipinski definition) is 0. The van der Waals surface area contributed by atoms with Crippen molar-refractivity contribution in [1.29, 1.82) is 0 Å². The standard InChI is InChI=1S/C21H28N2O2/c1-17-6-4-5-7-19(17)16-23-10-8-22(9-11-23)15-18-12-20(24-2)14-21(13-18)25-3/h4-7,12-14H,8-11,15-16H2,1-3H3. The molecule has 0 radical (unpaired) electrons. The molecule has 2 aromatic carbocycles. The van der Waals surface area contributed by atoms with Gasteiger partial charge in [-0.05, 0) is 35.7 Å². The van der Waals surface area contributed by atoms with Crippen LogP contribution in [0.5, 0.6) is 11.5 Å². The Hall–Kier alpha value is -2.04. The van der Waals surface area contributed by atoms with Crippen molar-refractivity contribution in [2.24, 2.45) is 0 Å². The van der Waals surface area contributed by atoms with E-state index in [1.165, 1.54) is 16.7 Å². The Kier molecular flexibility index (Phi) is 5.95. The first-order valence-corrected chi connectivity index (χ1v) is 8.89. The molecule has 2 aromatic rings. The zero-order chi connectivity index (χ0) is 17.6. The van der Waals surface area contributed by atoms with Crippen LogP contribution in [0, 0.1) is 6.92 Å². The Bertz CT molecular complexity index is 672. The Morgan fingerprint density at radius 3 is 1.92 bits per heavy atom. The molecule has 0 saturated carbocycles. The maximum Gasteiger partial charge on any atom is 0.122 e. The van der Waals surface area contributed by atoms with E-state index in [4.69, 9.17) is 9.47 Å². The van der Waals surface area contributed by atoms with Crippen LogP contribution in [0.2, 0.25) is 0 Å². The van der Waals surface area contributed by atoms with Gasteiger partial charge in [0.25, 0.3) is 0 Å². The average molecular weight is 340 g/mol. The predicted octanol–water partition coefficient (Wildman–Crippen LogP) is 3.33. The summed E-state index contributed by atoms with van der Waals surface area (Å²) in [5.74, 6) is 1.71. The van der Waals surface area contributed by atoms with Crippen molar-refractivity contribution >= 4 is 0 Å². The Morgan fingerprint density at radius 2 is 1.36 bits per heavy atom. The van der Waals surface area contributed by atoms with Crippen molar-refractivity contribution in [2.45, 2.75) is 20.0 Å². The van der Waals surface area contributed by atoms with Crippen molar-refractivity contribution in [2.75, 3.05) is 40.4 Å². The monoisotopic (exact) mass is 340 g/mol. The van der Waals surface area contributed by atoms with Gasteiger partial charge in [0.15, 0.2) is 0 Å². The molecule has 0 spiro atoms. The third kappa shape index (κ3) is 4.74. The summed E-state index contributed by atoms with van der Waals surface area (Å²) in [6.07, 6.45) is 0. The molecule has 0 unspecified atom stereocenters. The molecular weight excluding hydrogens is 312 g/mol. The Balaban J connectivity index is 1.55. The lowest BCUT2D eigenvalue weighted by atomic mass is 10.1. The van der Waals surface area contributed by atoms with Crippen molar-refractivity contribution in [3.63, 3.8) is 0 Å². The van der Waals surface area contributed by atoms with Crippen LogP contribution in [-0.2, 0) is 13.1 Å². The van der Waals surface area contributed by atoms with Gasteiger partial charge in [-0.15, -0.1) is 0 Å². The van der Waals surface area contributed by atoms with Gasteiger partial charge >= 0.3 is 0 Å². The first-order valence-electron chi connectivity index (χ1n) is 8.89. The van der Waals surface area contributed by atoms with Crippen molar-refractivity contribution in [3.8, 4) is 11.5 Å². The van der Waals surface area contributed by atoms with Crippen LogP contribution >= 0.6 is 0 Å². The number of rotatable bonds is 6. The highest BCUT2D eigenvalue weighted by molar-refractivity contribution is 5.38. The molecule has 0 aliphatic carbocycles. The number of piperazine rings is 1. The average Bonchev–Trinajstić information content (AvgIpc) is 2.65. The van der Waals surface area contributed by atoms with Gasteiger partial charge in [-0.1, -0.05) is 24.3 Å². The van der Waals surface area contributed by atoms with E-state index >= 15 is 0 Å². The van der Waals surface area contributed by atoms with Gasteiger partial charge in [-0.3, -0.25) is 9.80 Å². The number of hydrogen-bond acceptors (Lipinski definition) is 4. The molecule has 0 N–H and O–H groups in total. The van der Waals surface area contributed by atoms with E-state index < -0.39 is 0 Å². The van der Waals surface area contributed by atoms with Crippen molar-refractivity contribution in [3.05, 3.63) is 59.2 Å². The predicted molar refractivity (Wildman–Crippen MR) is 101 cm³/mol. The van der Waals surface area contributed by atoms with Crippen LogP contribution in [0.15, 0.2) is 42.5 Å². The Labute approximate surface area is 151 Å². The molecule has 1 fully saturated rings. The summed E-state index contributed by atoms with van der Waals surface area (Å²) in [7, 11) is 3.39. The van der Waals surface area contributed by atoms with Gasteiger partial charge < -0.3 is 9.47 Å². The van der Waals surface area contributed by atoms with Crippen LogP contribution in [0.3, 0.4) is 0 Å². The summed E-state index contributed by atoms with van der Waals surface area (Å²) < 4.78 is 10.7. The van der Waals surface area contributed by atoms with Crippen molar-refractivity contribution < 1.29 is 9.47 Å². The molecular formula is C21H28N2O2. The van der Waals surface area contributed by atoms with E-state index in [-0.39, 0.29) is 0 Å². The molecule has 134 valence electrons. The fraction of sp³-hybridized carbons (Fsp3) is 0.429. The zero-order valence-electron chi connectivity index (χ0n) is 15.5. The van der Waals surface area contributed by atoms with Crippen LogP contribution in [0.4, 0.5) is 0 Å². The fourth-order valence-corrected chi connectivity index (χ4v) is 3.35. The highest BCUT2D eigenvalue weighted by Crippen LogP contribution is 2.24. The number of methoxy groups -OCH3 is 2. The minimum Gasteiger partial charge on any atom is -0.497 e. The molecule has 0 aromatic heterocycles. The molecule has 0 bridgehead atoms. The summed E-state index contributed by atoms with van der Waals surface area (Å²) in [5.41, 5.74) is 4.06. The van der Waals surface area contributed by atoms with E-state index in [1.54, 1.807) is 14.2 Å². The smallest absolute Gasteiger partial charge is 0.122 e. The second-order valence-electron chi connectivity index (χ2n) is 6.70. The molecule has 1 aliphatic heterocycles. The van der Waals surface area contributed by atoms with Crippen LogP contribution in [0.25, 0.3) is 0 Å². The first-order chi connectivity index (χ1) is 12.2. The van der Waals surface area contributed by atoms with Gasteiger partial charge in [0.2, 0.25) is 0 Å². The summed E-state index contributed by atoms with van der Waals surface area (Å²) in [6.45, 7) is 8.57. The third-order valence-corrected chi connectivity index (χ3v) is 4.94. The fourth-order valence-electron chi connectivity index (χ4n) is 3.35. The third-order valence-electron chi connectivity index (χ3n) is 4.94. The maximum absolute atomic E-state index is 5.37. The largest absolute Gasteiger partial charge is 0.497 e. The van der Waals surface area contributed by atoms with E-state index in [2.05, 4.69) is 53.1 Å². The van der Waals surface area contributed by atoms with Gasteiger partial charge in [-0.25, -0.2) is 0 Å². The summed E-state index contributed by atoms with van der Waals surface area (Å²) in [5, 5.41) is 0. The quantitative estimate of drug-likeness (QED) is 0.805. The molecule has 1 aliphatic rings. The van der Waals surface area contributed by atoms with Gasteiger partial charge in [0.05, 0.1) is 14.2 Å². The summed E-state index contributed by atoms with van der Waals surface area (Å²) in [4.78, 5) is 5.05. The SMILES string of the molecule is COc1cc(CN2CCN(Cc3ccccc3C)CC2)cc(OC)c1. The van der Waals surface area contributed by atoms with E-state index in [0.717, 1.165) is 50.8 Å². The molecule has 0 amide bonds. The lowest BCUT2D eigenvalue weighted by Gasteiger charge is -2.35. The minimum atomic E-state index is 0.854. The van der Waals surface area contributed by atoms with E-state index in [0.29, 0.717) is 0 Å². The molecule has 4 heteroatoms. The molecule has 0 atom stereocenters. The topological polar surface area (TPSA) is 24.9 Å². The second kappa shape index (κ2) is 8.37. The van der Waals surface area contributed by atoms with Gasteiger partial charge in [0.1, 0.15) is 11.5 Å². The molecule has 25 heavy (non-hydrogen) atoms. The molecule has 3 rings (SSSR count). The lowest BCUT2D eigenvalue weighted by molar-refractivity contribution is 0.121. The molecule has 4 nitrogen and oxygen atoms in total. The minimum absolute atomic E-state index is 0.854. The number of aryl methyl sites for hydroxylation is 1. The molecule has 1 heterocycles. The van der Waals surface area contributed by atoms with Gasteiger partial charge in [-0.2, -0.15) is 0 Å². The highest BCUT2D eigenvalue weighted by Gasteiger charge is 2.18.